The van der Waals surface area contributed by atoms with Crippen molar-refractivity contribution in [3.8, 4) is 0 Å². The van der Waals surface area contributed by atoms with Crippen LogP contribution in [-0.2, 0) is 20.9 Å². The van der Waals surface area contributed by atoms with Crippen molar-refractivity contribution in [3.05, 3.63) is 59.5 Å². The number of anilines is 1. The first-order valence-corrected chi connectivity index (χ1v) is 13.2. The minimum absolute atomic E-state index is 0.403. The third-order valence-electron chi connectivity index (χ3n) is 6.55. The van der Waals surface area contributed by atoms with Crippen LogP contribution in [0.4, 0.5) is 32.0 Å². The number of aromatic nitrogens is 3. The van der Waals surface area contributed by atoms with Crippen molar-refractivity contribution < 1.29 is 50.9 Å². The van der Waals surface area contributed by atoms with E-state index in [0.29, 0.717) is 5.92 Å². The van der Waals surface area contributed by atoms with Crippen LogP contribution in [0.15, 0.2) is 42.6 Å². The Morgan fingerprint density at radius 2 is 1.60 bits per heavy atom. The highest BCUT2D eigenvalue weighted by Crippen LogP contribution is 2.27. The zero-order valence-electron chi connectivity index (χ0n) is 23.1. The van der Waals surface area contributed by atoms with E-state index in [2.05, 4.69) is 59.3 Å². The van der Waals surface area contributed by atoms with Crippen LogP contribution >= 0.6 is 0 Å². The minimum atomic E-state index is -5.08. The fraction of sp³-hybridized carbons (Fsp3) is 0.481. The molecule has 4 heterocycles. The van der Waals surface area contributed by atoms with Gasteiger partial charge in [-0.1, -0.05) is 29.8 Å². The number of rotatable bonds is 4. The van der Waals surface area contributed by atoms with E-state index >= 15 is 0 Å². The molecule has 0 radical (unpaired) electrons. The number of hydrogen-bond donors (Lipinski definition) is 2. The van der Waals surface area contributed by atoms with Gasteiger partial charge in [-0.05, 0) is 44.0 Å². The average Bonchev–Trinajstić information content (AvgIpc) is 3.37. The van der Waals surface area contributed by atoms with E-state index < -0.39 is 24.3 Å². The number of likely N-dealkylation sites (tertiary alicyclic amines) is 1. The molecule has 0 aliphatic carbocycles. The van der Waals surface area contributed by atoms with Crippen LogP contribution in [0, 0.1) is 6.92 Å². The van der Waals surface area contributed by atoms with Gasteiger partial charge in [-0.25, -0.2) is 19.1 Å². The van der Waals surface area contributed by atoms with Gasteiger partial charge >= 0.3 is 24.3 Å². The zero-order chi connectivity index (χ0) is 31.8. The molecule has 1 aromatic carbocycles. The molecule has 2 aliphatic heterocycles. The number of morpholine rings is 1. The molecule has 10 nitrogen and oxygen atoms in total. The number of aliphatic carboxylic acids is 2. The van der Waals surface area contributed by atoms with E-state index in [9.17, 15) is 26.3 Å². The lowest BCUT2D eigenvalue weighted by molar-refractivity contribution is -0.193. The number of fused-ring (bicyclic) bond motifs is 1. The largest absolute Gasteiger partial charge is 0.490 e. The molecule has 0 bridgehead atoms. The Labute approximate surface area is 242 Å². The molecule has 2 N–H and O–H groups in total. The summed E-state index contributed by atoms with van der Waals surface area (Å²) in [5.41, 5.74) is 4.85. The van der Waals surface area contributed by atoms with Gasteiger partial charge in [0.1, 0.15) is 0 Å². The Kier molecular flexibility index (Phi) is 11.3. The summed E-state index contributed by atoms with van der Waals surface area (Å²) < 4.78 is 70.9. The minimum Gasteiger partial charge on any atom is -0.475 e. The quantitative estimate of drug-likeness (QED) is 0.406. The molecular weight excluding hydrogens is 588 g/mol. The first-order chi connectivity index (χ1) is 20.1. The van der Waals surface area contributed by atoms with E-state index in [1.54, 1.807) is 0 Å². The van der Waals surface area contributed by atoms with E-state index in [4.69, 9.17) is 34.6 Å². The Morgan fingerprint density at radius 1 is 0.977 bits per heavy atom. The lowest BCUT2D eigenvalue weighted by Gasteiger charge is -2.31. The number of hydrogen-bond acceptors (Lipinski definition) is 7. The number of ether oxygens (including phenoxy) is 1. The number of carboxylic acids is 2. The molecule has 1 unspecified atom stereocenters. The lowest BCUT2D eigenvalue weighted by atomic mass is 9.97. The summed E-state index contributed by atoms with van der Waals surface area (Å²) in [6, 6.07) is 13.1. The number of piperidine rings is 1. The van der Waals surface area contributed by atoms with Gasteiger partial charge in [-0.15, -0.1) is 0 Å². The van der Waals surface area contributed by atoms with Crippen molar-refractivity contribution in [1.82, 2.24) is 19.5 Å². The Balaban J connectivity index is 0.000000303. The predicted octanol–water partition coefficient (Wildman–Crippen LogP) is 4.52. The van der Waals surface area contributed by atoms with Crippen molar-refractivity contribution in [2.24, 2.45) is 0 Å². The third kappa shape index (κ3) is 10.4. The summed E-state index contributed by atoms with van der Waals surface area (Å²) >= 11 is 0. The smallest absolute Gasteiger partial charge is 0.475 e. The van der Waals surface area contributed by atoms with E-state index in [1.165, 1.54) is 23.2 Å². The number of carbonyl (C=O) groups is 2. The van der Waals surface area contributed by atoms with Gasteiger partial charge in [0.25, 0.3) is 0 Å². The molecule has 2 aliphatic rings. The number of benzene rings is 1. The molecule has 16 heteroatoms. The van der Waals surface area contributed by atoms with Gasteiger partial charge < -0.3 is 19.8 Å². The molecule has 0 amide bonds. The highest BCUT2D eigenvalue weighted by molar-refractivity contribution is 5.73. The Morgan fingerprint density at radius 3 is 2.19 bits per heavy atom. The summed E-state index contributed by atoms with van der Waals surface area (Å²) in [6.45, 7) is 8.80. The van der Waals surface area contributed by atoms with Crippen molar-refractivity contribution in [2.75, 3.05) is 44.3 Å². The number of halogens is 6. The van der Waals surface area contributed by atoms with Crippen LogP contribution in [-0.4, -0.2) is 93.4 Å². The summed E-state index contributed by atoms with van der Waals surface area (Å²) in [4.78, 5) is 27.6. The van der Waals surface area contributed by atoms with Crippen molar-refractivity contribution in [1.29, 1.82) is 0 Å². The van der Waals surface area contributed by atoms with Gasteiger partial charge in [0.2, 0.25) is 0 Å². The standard InChI is InChI=1S/C23H29N5O.2C2HF3O2/c1-18-4-2-5-19(14-18)15-26-9-3-6-20(16-26)23-24-22-8-7-21(17-28(22)25-23)27-10-12-29-13-11-27;2*3-2(4,5)1(6)7/h2,4-5,7-8,14,17,20H,3,6,9-13,15-16H2,1H3;2*(H,6,7). The molecule has 3 aromatic rings. The predicted molar refractivity (Wildman–Crippen MR) is 142 cm³/mol. The van der Waals surface area contributed by atoms with Crippen LogP contribution in [0.3, 0.4) is 0 Å². The molecule has 2 fully saturated rings. The van der Waals surface area contributed by atoms with Gasteiger partial charge in [-0.3, -0.25) is 4.90 Å². The maximum atomic E-state index is 10.6. The van der Waals surface area contributed by atoms with Crippen molar-refractivity contribution in [2.45, 2.75) is 44.6 Å². The van der Waals surface area contributed by atoms with Crippen LogP contribution in [0.1, 0.15) is 35.7 Å². The second kappa shape index (κ2) is 14.5. The number of pyridine rings is 1. The summed E-state index contributed by atoms with van der Waals surface area (Å²) in [5.74, 6) is -4.13. The summed E-state index contributed by atoms with van der Waals surface area (Å²) in [6.07, 6.45) is -5.69. The maximum Gasteiger partial charge on any atom is 0.490 e. The van der Waals surface area contributed by atoms with E-state index in [-0.39, 0.29) is 0 Å². The van der Waals surface area contributed by atoms with Gasteiger partial charge in [0, 0.05) is 32.1 Å². The number of carboxylic acid groups (broad SMARTS) is 2. The van der Waals surface area contributed by atoms with Crippen molar-refractivity contribution in [3.63, 3.8) is 0 Å². The fourth-order valence-electron chi connectivity index (χ4n) is 4.55. The molecule has 43 heavy (non-hydrogen) atoms. The average molecular weight is 620 g/mol. The Bertz CT molecular complexity index is 1350. The lowest BCUT2D eigenvalue weighted by Crippen LogP contribution is -2.36. The van der Waals surface area contributed by atoms with Crippen LogP contribution in [0.5, 0.6) is 0 Å². The normalized spacial score (nSPS) is 17.8. The SMILES string of the molecule is Cc1cccc(CN2CCCC(c3nc4ccc(N5CCOCC5)cn4n3)C2)c1.O=C(O)C(F)(F)F.O=C(O)C(F)(F)F. The molecule has 0 spiro atoms. The number of alkyl halides is 6. The highest BCUT2D eigenvalue weighted by Gasteiger charge is 2.38. The second-order valence-electron chi connectivity index (χ2n) is 9.93. The first-order valence-electron chi connectivity index (χ1n) is 13.2. The molecule has 5 rings (SSSR count). The first kappa shape index (κ1) is 33.6. The van der Waals surface area contributed by atoms with E-state index in [0.717, 1.165) is 63.8 Å². The molecule has 236 valence electrons. The molecule has 2 saturated heterocycles. The van der Waals surface area contributed by atoms with Crippen LogP contribution in [0.25, 0.3) is 5.65 Å². The second-order valence-corrected chi connectivity index (χ2v) is 9.93. The van der Waals surface area contributed by atoms with Gasteiger partial charge in [0.15, 0.2) is 11.5 Å². The van der Waals surface area contributed by atoms with Crippen LogP contribution < -0.4 is 4.90 Å². The van der Waals surface area contributed by atoms with E-state index in [1.807, 2.05) is 4.52 Å². The van der Waals surface area contributed by atoms with Gasteiger partial charge in [-0.2, -0.15) is 31.4 Å². The maximum absolute atomic E-state index is 10.6. The van der Waals surface area contributed by atoms with Crippen molar-refractivity contribution >= 4 is 23.3 Å². The number of nitrogens with zero attached hydrogens (tertiary/aromatic N) is 5. The molecule has 2 aromatic heterocycles. The molecule has 1 atom stereocenters. The molecule has 0 saturated carbocycles. The highest BCUT2D eigenvalue weighted by atomic mass is 19.4. The summed E-state index contributed by atoms with van der Waals surface area (Å²) in [7, 11) is 0. The Hall–Kier alpha value is -3.92. The zero-order valence-corrected chi connectivity index (χ0v) is 23.1. The summed E-state index contributed by atoms with van der Waals surface area (Å²) in [5, 5.41) is 19.1. The number of aryl methyl sites for hydroxylation is 1. The fourth-order valence-corrected chi connectivity index (χ4v) is 4.55. The molecular formula is C27H31F6N5O5. The monoisotopic (exact) mass is 619 g/mol. The van der Waals surface area contributed by atoms with Crippen LogP contribution in [0.2, 0.25) is 0 Å². The van der Waals surface area contributed by atoms with Gasteiger partial charge in [0.05, 0.1) is 25.1 Å². The third-order valence-corrected chi connectivity index (χ3v) is 6.55. The topological polar surface area (TPSA) is 121 Å².